The summed E-state index contributed by atoms with van der Waals surface area (Å²) in [6.07, 6.45) is 1.35. The van der Waals surface area contributed by atoms with Gasteiger partial charge in [-0.3, -0.25) is 24.6 Å². The molecule has 2 aliphatic heterocycles. The number of nitrogens with zero attached hydrogens (tertiary/aromatic N) is 3. The number of ether oxygens (including phenoxy) is 2. The number of thioether (sulfide) groups is 1. The molecular formula is C23H22F2N4O6S. The first kappa shape index (κ1) is 25.5. The lowest BCUT2D eigenvalue weighted by Gasteiger charge is -2.20. The maximum Gasteiger partial charge on any atom is 0.387 e. The number of nitro groups is 1. The minimum atomic E-state index is -2.94. The lowest BCUT2D eigenvalue weighted by molar-refractivity contribution is -0.384. The van der Waals surface area contributed by atoms with E-state index in [0.717, 1.165) is 24.6 Å². The van der Waals surface area contributed by atoms with E-state index in [9.17, 15) is 28.5 Å². The maximum absolute atomic E-state index is 13.2. The van der Waals surface area contributed by atoms with Gasteiger partial charge in [0.1, 0.15) is 11.0 Å². The van der Waals surface area contributed by atoms with Crippen LogP contribution in [0.1, 0.15) is 19.3 Å². The summed E-state index contributed by atoms with van der Waals surface area (Å²) < 4.78 is 34.8. The summed E-state index contributed by atoms with van der Waals surface area (Å²) >= 11 is 1.12. The number of carbonyl (C=O) groups excluding carboxylic acids is 2. The number of hydrogen-bond acceptors (Lipinski definition) is 8. The van der Waals surface area contributed by atoms with Gasteiger partial charge in [0, 0.05) is 30.8 Å². The highest BCUT2D eigenvalue weighted by Crippen LogP contribution is 2.33. The van der Waals surface area contributed by atoms with Gasteiger partial charge >= 0.3 is 6.61 Å². The third kappa shape index (κ3) is 6.55. The van der Waals surface area contributed by atoms with Crippen LogP contribution in [0.2, 0.25) is 0 Å². The first-order valence-electron chi connectivity index (χ1n) is 11.1. The van der Waals surface area contributed by atoms with Crippen LogP contribution < -0.4 is 10.1 Å². The molecule has 36 heavy (non-hydrogen) atoms. The molecule has 0 spiro atoms. The van der Waals surface area contributed by atoms with Crippen LogP contribution in [0.5, 0.6) is 5.75 Å². The third-order valence-electron chi connectivity index (χ3n) is 5.43. The number of amidine groups is 1. The summed E-state index contributed by atoms with van der Waals surface area (Å²) in [7, 11) is 0. The van der Waals surface area contributed by atoms with Crippen LogP contribution in [0, 0.1) is 10.1 Å². The molecule has 0 radical (unpaired) electrons. The molecule has 2 amide bonds. The summed E-state index contributed by atoms with van der Waals surface area (Å²) in [5, 5.41) is 13.2. The minimum absolute atomic E-state index is 0.0176. The minimum Gasteiger partial charge on any atom is -0.435 e. The zero-order valence-corrected chi connectivity index (χ0v) is 19.7. The maximum atomic E-state index is 13.2. The lowest BCUT2D eigenvalue weighted by Crippen LogP contribution is -2.38. The molecule has 2 aromatic carbocycles. The van der Waals surface area contributed by atoms with Crippen LogP contribution in [0.25, 0.3) is 0 Å². The fourth-order valence-corrected chi connectivity index (χ4v) is 4.94. The van der Waals surface area contributed by atoms with Crippen molar-refractivity contribution in [2.45, 2.75) is 37.2 Å². The molecule has 190 valence electrons. The second-order valence-corrected chi connectivity index (χ2v) is 9.19. The molecule has 2 aliphatic rings. The zero-order chi connectivity index (χ0) is 25.7. The molecule has 2 saturated heterocycles. The van der Waals surface area contributed by atoms with Gasteiger partial charge in [0.15, 0.2) is 5.17 Å². The first-order chi connectivity index (χ1) is 17.3. The van der Waals surface area contributed by atoms with Gasteiger partial charge in [0.05, 0.1) is 23.3 Å². The molecule has 2 aromatic rings. The Bertz CT molecular complexity index is 1160. The normalized spacial score (nSPS) is 20.8. The largest absolute Gasteiger partial charge is 0.435 e. The Labute approximate surface area is 208 Å². The molecule has 1 N–H and O–H groups in total. The van der Waals surface area contributed by atoms with E-state index in [-0.39, 0.29) is 42.1 Å². The molecule has 0 aliphatic carbocycles. The number of aliphatic imine (C=N–C) groups is 1. The summed E-state index contributed by atoms with van der Waals surface area (Å²) in [5.41, 5.74) is 0.507. The number of halogens is 2. The van der Waals surface area contributed by atoms with E-state index in [1.807, 2.05) is 0 Å². The quantitative estimate of drug-likeness (QED) is 0.385. The monoisotopic (exact) mass is 520 g/mol. The number of rotatable bonds is 9. The molecular weight excluding hydrogens is 498 g/mol. The smallest absolute Gasteiger partial charge is 0.387 e. The molecule has 13 heteroatoms. The van der Waals surface area contributed by atoms with E-state index in [1.165, 1.54) is 53.4 Å². The van der Waals surface area contributed by atoms with Crippen molar-refractivity contribution in [2.75, 3.05) is 18.5 Å². The number of hydrogen-bond donors (Lipinski definition) is 1. The van der Waals surface area contributed by atoms with E-state index in [2.05, 4.69) is 15.0 Å². The highest BCUT2D eigenvalue weighted by Gasteiger charge is 2.40. The van der Waals surface area contributed by atoms with Gasteiger partial charge in [-0.1, -0.05) is 17.8 Å². The van der Waals surface area contributed by atoms with Gasteiger partial charge in [-0.05, 0) is 43.2 Å². The summed E-state index contributed by atoms with van der Waals surface area (Å²) in [6, 6.07) is 11.2. The molecule has 0 saturated carbocycles. The van der Waals surface area contributed by atoms with Crippen molar-refractivity contribution in [3.63, 3.8) is 0 Å². The second kappa shape index (κ2) is 11.4. The van der Waals surface area contributed by atoms with Crippen LogP contribution in [0.15, 0.2) is 53.5 Å². The van der Waals surface area contributed by atoms with E-state index in [0.29, 0.717) is 17.5 Å². The number of nitro benzene ring substituents is 1. The number of alkyl halides is 2. The predicted molar refractivity (Wildman–Crippen MR) is 129 cm³/mol. The van der Waals surface area contributed by atoms with E-state index in [1.54, 1.807) is 0 Å². The van der Waals surface area contributed by atoms with Gasteiger partial charge in [0.2, 0.25) is 11.8 Å². The fraction of sp³-hybridized carbons (Fsp3) is 0.348. The zero-order valence-electron chi connectivity index (χ0n) is 18.8. The average Bonchev–Trinajstić information content (AvgIpc) is 3.44. The van der Waals surface area contributed by atoms with Crippen molar-refractivity contribution >= 4 is 45.8 Å². The summed E-state index contributed by atoms with van der Waals surface area (Å²) in [5.74, 6) is -0.801. The number of benzene rings is 2. The number of amides is 2. The van der Waals surface area contributed by atoms with Gasteiger partial charge in [0.25, 0.3) is 5.69 Å². The lowest BCUT2D eigenvalue weighted by atomic mass is 10.2. The molecule has 4 rings (SSSR count). The highest BCUT2D eigenvalue weighted by atomic mass is 32.2. The number of anilines is 1. The van der Waals surface area contributed by atoms with Crippen molar-refractivity contribution in [3.05, 3.63) is 58.6 Å². The first-order valence-corrected chi connectivity index (χ1v) is 11.9. The topological polar surface area (TPSA) is 123 Å². The Morgan fingerprint density at radius 2 is 2.08 bits per heavy atom. The second-order valence-electron chi connectivity index (χ2n) is 8.02. The molecule has 2 unspecified atom stereocenters. The van der Waals surface area contributed by atoms with Crippen LogP contribution in [0.4, 0.5) is 25.8 Å². The van der Waals surface area contributed by atoms with Crippen LogP contribution in [0.3, 0.4) is 0 Å². The Kier molecular flexibility index (Phi) is 8.10. The Balaban J connectivity index is 1.48. The van der Waals surface area contributed by atoms with Crippen molar-refractivity contribution in [1.82, 2.24) is 4.90 Å². The SMILES string of the molecule is O=C(CC1SC(=Nc2ccc(OC(F)F)cc2)N(CC2CCCO2)C1=O)Nc1cccc([N+](=O)[O-])c1. The number of nitrogens with one attached hydrogen (secondary N) is 1. The number of carbonyl (C=O) groups is 2. The van der Waals surface area contributed by atoms with Crippen molar-refractivity contribution in [1.29, 1.82) is 0 Å². The van der Waals surface area contributed by atoms with Crippen molar-refractivity contribution in [3.8, 4) is 5.75 Å². The van der Waals surface area contributed by atoms with Gasteiger partial charge < -0.3 is 14.8 Å². The van der Waals surface area contributed by atoms with Gasteiger partial charge in [-0.2, -0.15) is 8.78 Å². The Morgan fingerprint density at radius 1 is 1.31 bits per heavy atom. The fourth-order valence-electron chi connectivity index (χ4n) is 3.78. The number of non-ortho nitro benzene ring substituents is 1. The molecule has 0 aromatic heterocycles. The van der Waals surface area contributed by atoms with Crippen LogP contribution in [-0.2, 0) is 14.3 Å². The predicted octanol–water partition coefficient (Wildman–Crippen LogP) is 4.34. The average molecular weight is 521 g/mol. The molecule has 2 fully saturated rings. The standard InChI is InChI=1S/C23H22F2N4O6S/c24-22(25)35-17-8-6-14(7-9-17)27-23-28(13-18-5-2-10-34-18)21(31)19(36-23)12-20(30)26-15-3-1-4-16(11-15)29(32)33/h1,3-4,6-9,11,18-19,22H,2,5,10,12-13H2,(H,26,30). The third-order valence-corrected chi connectivity index (χ3v) is 6.60. The Hall–Kier alpha value is -3.58. The van der Waals surface area contributed by atoms with E-state index in [4.69, 9.17) is 4.74 Å². The van der Waals surface area contributed by atoms with E-state index >= 15 is 0 Å². The molecule has 2 heterocycles. The van der Waals surface area contributed by atoms with Crippen LogP contribution >= 0.6 is 11.8 Å². The van der Waals surface area contributed by atoms with Crippen molar-refractivity contribution < 1.29 is 32.8 Å². The van der Waals surface area contributed by atoms with Crippen molar-refractivity contribution in [2.24, 2.45) is 4.99 Å². The molecule has 10 nitrogen and oxygen atoms in total. The Morgan fingerprint density at radius 3 is 2.75 bits per heavy atom. The molecule has 2 atom stereocenters. The van der Waals surface area contributed by atoms with Gasteiger partial charge in [-0.15, -0.1) is 0 Å². The summed E-state index contributed by atoms with van der Waals surface area (Å²) in [4.78, 5) is 42.2. The van der Waals surface area contributed by atoms with E-state index < -0.39 is 22.7 Å². The highest BCUT2D eigenvalue weighted by molar-refractivity contribution is 8.15. The van der Waals surface area contributed by atoms with Gasteiger partial charge in [-0.25, -0.2) is 4.99 Å². The molecule has 0 bridgehead atoms. The van der Waals surface area contributed by atoms with Crippen LogP contribution in [-0.4, -0.2) is 57.9 Å². The summed E-state index contributed by atoms with van der Waals surface area (Å²) in [6.45, 7) is -2.06.